The van der Waals surface area contributed by atoms with Crippen molar-refractivity contribution in [2.45, 2.75) is 32.2 Å². The van der Waals surface area contributed by atoms with Crippen LogP contribution in [0.25, 0.3) is 0 Å². The first-order chi connectivity index (χ1) is 8.75. The summed E-state index contributed by atoms with van der Waals surface area (Å²) in [5.41, 5.74) is 1.31. The minimum atomic E-state index is 0.187. The van der Waals surface area contributed by atoms with Gasteiger partial charge in [0.1, 0.15) is 0 Å². The molecule has 1 saturated heterocycles. The third-order valence-electron chi connectivity index (χ3n) is 3.58. The summed E-state index contributed by atoms with van der Waals surface area (Å²) in [5.74, 6) is 0.731. The van der Waals surface area contributed by atoms with Gasteiger partial charge in [0.15, 0.2) is 0 Å². The topological polar surface area (TPSA) is 41.1 Å². The van der Waals surface area contributed by atoms with E-state index in [0.29, 0.717) is 18.4 Å². The summed E-state index contributed by atoms with van der Waals surface area (Å²) in [6.07, 6.45) is 2.52. The van der Waals surface area contributed by atoms with Crippen molar-refractivity contribution < 1.29 is 4.79 Å². The largest absolute Gasteiger partial charge is 0.352 e. The molecule has 0 bridgehead atoms. The molecular formula is C15H22N2O. The summed E-state index contributed by atoms with van der Waals surface area (Å²) < 4.78 is 0. The molecule has 98 valence electrons. The fourth-order valence-electron chi connectivity index (χ4n) is 2.38. The van der Waals surface area contributed by atoms with Crippen molar-refractivity contribution in [3.63, 3.8) is 0 Å². The first kappa shape index (κ1) is 13.1. The van der Waals surface area contributed by atoms with Crippen LogP contribution in [-0.2, 0) is 11.2 Å². The lowest BCUT2D eigenvalue weighted by Gasteiger charge is -2.16. The van der Waals surface area contributed by atoms with E-state index in [1.165, 1.54) is 5.56 Å². The Labute approximate surface area is 109 Å². The molecule has 2 atom stereocenters. The van der Waals surface area contributed by atoms with Crippen LogP contribution < -0.4 is 10.6 Å². The van der Waals surface area contributed by atoms with Crippen molar-refractivity contribution in [2.75, 3.05) is 13.1 Å². The molecule has 0 spiro atoms. The SMILES string of the molecule is CC1CNCC1NC(=O)CCCc1ccccc1. The van der Waals surface area contributed by atoms with Crippen molar-refractivity contribution in [3.05, 3.63) is 35.9 Å². The van der Waals surface area contributed by atoms with Gasteiger partial charge in [0, 0.05) is 19.0 Å². The highest BCUT2D eigenvalue weighted by atomic mass is 16.1. The fraction of sp³-hybridized carbons (Fsp3) is 0.533. The summed E-state index contributed by atoms with van der Waals surface area (Å²) in [4.78, 5) is 11.8. The van der Waals surface area contributed by atoms with Crippen LogP contribution in [-0.4, -0.2) is 25.0 Å². The van der Waals surface area contributed by atoms with E-state index in [1.807, 2.05) is 18.2 Å². The van der Waals surface area contributed by atoms with E-state index in [-0.39, 0.29) is 5.91 Å². The Bertz CT molecular complexity index is 377. The van der Waals surface area contributed by atoms with Gasteiger partial charge in [-0.3, -0.25) is 4.79 Å². The van der Waals surface area contributed by atoms with E-state index < -0.39 is 0 Å². The summed E-state index contributed by atoms with van der Waals surface area (Å²) in [7, 11) is 0. The first-order valence-electron chi connectivity index (χ1n) is 6.79. The van der Waals surface area contributed by atoms with Crippen molar-refractivity contribution in [1.29, 1.82) is 0 Å². The number of benzene rings is 1. The second-order valence-corrected chi connectivity index (χ2v) is 5.15. The highest BCUT2D eigenvalue weighted by Crippen LogP contribution is 2.08. The number of hydrogen-bond acceptors (Lipinski definition) is 2. The number of carbonyl (C=O) groups is 1. The van der Waals surface area contributed by atoms with Gasteiger partial charge < -0.3 is 10.6 Å². The highest BCUT2D eigenvalue weighted by molar-refractivity contribution is 5.76. The van der Waals surface area contributed by atoms with Crippen LogP contribution in [0.5, 0.6) is 0 Å². The number of nitrogens with one attached hydrogen (secondary N) is 2. The molecule has 2 unspecified atom stereocenters. The van der Waals surface area contributed by atoms with Gasteiger partial charge in [-0.2, -0.15) is 0 Å². The number of amides is 1. The zero-order valence-corrected chi connectivity index (χ0v) is 11.0. The fourth-order valence-corrected chi connectivity index (χ4v) is 2.38. The van der Waals surface area contributed by atoms with Gasteiger partial charge in [-0.15, -0.1) is 0 Å². The molecule has 3 heteroatoms. The zero-order valence-electron chi connectivity index (χ0n) is 11.0. The molecule has 1 aliphatic heterocycles. The first-order valence-corrected chi connectivity index (χ1v) is 6.79. The van der Waals surface area contributed by atoms with Gasteiger partial charge in [0.05, 0.1) is 0 Å². The Hall–Kier alpha value is -1.35. The standard InChI is InChI=1S/C15H22N2O/c1-12-10-16-11-14(12)17-15(18)9-5-8-13-6-3-2-4-7-13/h2-4,6-7,12,14,16H,5,8-11H2,1H3,(H,17,18). The van der Waals surface area contributed by atoms with E-state index in [4.69, 9.17) is 0 Å². The average molecular weight is 246 g/mol. The lowest BCUT2D eigenvalue weighted by molar-refractivity contribution is -0.122. The molecule has 0 aromatic heterocycles. The van der Waals surface area contributed by atoms with Crippen LogP contribution in [0.1, 0.15) is 25.3 Å². The van der Waals surface area contributed by atoms with Crippen molar-refractivity contribution in [2.24, 2.45) is 5.92 Å². The Kier molecular flexibility index (Phi) is 4.76. The molecule has 1 aromatic carbocycles. The Balaban J connectivity index is 1.66. The predicted molar refractivity (Wildman–Crippen MR) is 73.3 cm³/mol. The van der Waals surface area contributed by atoms with Crippen LogP contribution >= 0.6 is 0 Å². The monoisotopic (exact) mass is 246 g/mol. The minimum absolute atomic E-state index is 0.187. The molecule has 2 N–H and O–H groups in total. The summed E-state index contributed by atoms with van der Waals surface area (Å²) >= 11 is 0. The third kappa shape index (κ3) is 3.84. The van der Waals surface area contributed by atoms with Gasteiger partial charge >= 0.3 is 0 Å². The van der Waals surface area contributed by atoms with Crippen molar-refractivity contribution in [3.8, 4) is 0 Å². The Morgan fingerprint density at radius 2 is 2.11 bits per heavy atom. The van der Waals surface area contributed by atoms with Gasteiger partial charge in [0.25, 0.3) is 0 Å². The molecule has 0 radical (unpaired) electrons. The maximum atomic E-state index is 11.8. The maximum absolute atomic E-state index is 11.8. The maximum Gasteiger partial charge on any atom is 0.220 e. The van der Waals surface area contributed by atoms with E-state index in [0.717, 1.165) is 25.9 Å². The normalized spacial score (nSPS) is 22.9. The van der Waals surface area contributed by atoms with Gasteiger partial charge in [-0.1, -0.05) is 37.3 Å². The Morgan fingerprint density at radius 3 is 2.78 bits per heavy atom. The summed E-state index contributed by atoms with van der Waals surface area (Å²) in [6.45, 7) is 4.09. The molecule has 18 heavy (non-hydrogen) atoms. The minimum Gasteiger partial charge on any atom is -0.352 e. The predicted octanol–water partition coefficient (Wildman–Crippen LogP) is 1.73. The lowest BCUT2D eigenvalue weighted by atomic mass is 10.1. The quantitative estimate of drug-likeness (QED) is 0.831. The zero-order chi connectivity index (χ0) is 12.8. The number of rotatable bonds is 5. The Morgan fingerprint density at radius 1 is 1.33 bits per heavy atom. The summed E-state index contributed by atoms with van der Waals surface area (Å²) in [6, 6.07) is 10.6. The summed E-state index contributed by atoms with van der Waals surface area (Å²) in [5, 5.41) is 6.41. The van der Waals surface area contributed by atoms with E-state index >= 15 is 0 Å². The highest BCUT2D eigenvalue weighted by Gasteiger charge is 2.23. The van der Waals surface area contributed by atoms with E-state index in [9.17, 15) is 4.79 Å². The molecule has 1 heterocycles. The van der Waals surface area contributed by atoms with Crippen LogP contribution in [0.2, 0.25) is 0 Å². The number of aryl methyl sites for hydroxylation is 1. The molecule has 1 aliphatic rings. The lowest BCUT2D eigenvalue weighted by Crippen LogP contribution is -2.39. The molecule has 2 rings (SSSR count). The van der Waals surface area contributed by atoms with Crippen LogP contribution in [0.15, 0.2) is 30.3 Å². The number of carbonyl (C=O) groups excluding carboxylic acids is 1. The third-order valence-corrected chi connectivity index (χ3v) is 3.58. The number of hydrogen-bond donors (Lipinski definition) is 2. The van der Waals surface area contributed by atoms with Gasteiger partial charge in [0.2, 0.25) is 5.91 Å². The molecule has 0 aliphatic carbocycles. The smallest absolute Gasteiger partial charge is 0.220 e. The average Bonchev–Trinajstić information content (AvgIpc) is 2.76. The molecular weight excluding hydrogens is 224 g/mol. The van der Waals surface area contributed by atoms with Crippen LogP contribution in [0.3, 0.4) is 0 Å². The second kappa shape index (κ2) is 6.55. The second-order valence-electron chi connectivity index (χ2n) is 5.15. The van der Waals surface area contributed by atoms with Gasteiger partial charge in [-0.25, -0.2) is 0 Å². The van der Waals surface area contributed by atoms with Crippen molar-refractivity contribution in [1.82, 2.24) is 10.6 Å². The van der Waals surface area contributed by atoms with E-state index in [1.54, 1.807) is 0 Å². The van der Waals surface area contributed by atoms with Crippen LogP contribution in [0.4, 0.5) is 0 Å². The van der Waals surface area contributed by atoms with Crippen LogP contribution in [0, 0.1) is 5.92 Å². The van der Waals surface area contributed by atoms with Crippen molar-refractivity contribution >= 4 is 5.91 Å². The molecule has 1 fully saturated rings. The molecule has 1 aromatic rings. The van der Waals surface area contributed by atoms with Gasteiger partial charge in [-0.05, 0) is 30.9 Å². The molecule has 1 amide bonds. The molecule has 3 nitrogen and oxygen atoms in total. The molecule has 0 saturated carbocycles. The van der Waals surface area contributed by atoms with E-state index in [2.05, 4.69) is 29.7 Å².